The predicted octanol–water partition coefficient (Wildman–Crippen LogP) is 1.27. The standard InChI is InChI=1S/C14H17N5O/c1-10-15-8-9-19(10)13-11(4-2-7-17-13)18-14(20)12-5-3-6-16-12/h2,4,7-9,12,16H,3,5-6H2,1H3,(H,18,20). The van der Waals surface area contributed by atoms with Gasteiger partial charge in [0.2, 0.25) is 5.91 Å². The van der Waals surface area contributed by atoms with E-state index in [0.717, 1.165) is 25.2 Å². The summed E-state index contributed by atoms with van der Waals surface area (Å²) in [6.45, 7) is 2.80. The largest absolute Gasteiger partial charge is 0.322 e. The van der Waals surface area contributed by atoms with Crippen molar-refractivity contribution in [2.24, 2.45) is 0 Å². The number of pyridine rings is 1. The molecule has 1 atom stereocenters. The summed E-state index contributed by atoms with van der Waals surface area (Å²) in [5.74, 6) is 1.52. The molecule has 2 aromatic rings. The summed E-state index contributed by atoms with van der Waals surface area (Å²) in [5.41, 5.74) is 0.701. The predicted molar refractivity (Wildman–Crippen MR) is 75.8 cm³/mol. The summed E-state index contributed by atoms with van der Waals surface area (Å²) in [6.07, 6.45) is 7.18. The maximum absolute atomic E-state index is 12.2. The van der Waals surface area contributed by atoms with Gasteiger partial charge in [-0.25, -0.2) is 9.97 Å². The monoisotopic (exact) mass is 271 g/mol. The van der Waals surface area contributed by atoms with E-state index >= 15 is 0 Å². The molecule has 0 aromatic carbocycles. The van der Waals surface area contributed by atoms with Crippen LogP contribution in [0.15, 0.2) is 30.7 Å². The average Bonchev–Trinajstić information content (AvgIpc) is 3.10. The van der Waals surface area contributed by atoms with Gasteiger partial charge in [0.15, 0.2) is 5.82 Å². The molecule has 104 valence electrons. The fraction of sp³-hybridized carbons (Fsp3) is 0.357. The zero-order chi connectivity index (χ0) is 13.9. The zero-order valence-electron chi connectivity index (χ0n) is 11.3. The van der Waals surface area contributed by atoms with E-state index in [-0.39, 0.29) is 11.9 Å². The number of carbonyl (C=O) groups excluding carboxylic acids is 1. The molecule has 6 heteroatoms. The van der Waals surface area contributed by atoms with Gasteiger partial charge in [-0.05, 0) is 38.4 Å². The molecule has 1 fully saturated rings. The van der Waals surface area contributed by atoms with E-state index in [4.69, 9.17) is 0 Å². The molecular weight excluding hydrogens is 254 g/mol. The molecule has 1 amide bonds. The van der Waals surface area contributed by atoms with Gasteiger partial charge < -0.3 is 10.6 Å². The first-order valence-corrected chi connectivity index (χ1v) is 6.75. The van der Waals surface area contributed by atoms with Gasteiger partial charge in [0.05, 0.1) is 11.7 Å². The van der Waals surface area contributed by atoms with E-state index in [9.17, 15) is 4.79 Å². The van der Waals surface area contributed by atoms with E-state index in [2.05, 4.69) is 20.6 Å². The van der Waals surface area contributed by atoms with Gasteiger partial charge in [-0.1, -0.05) is 0 Å². The molecule has 2 N–H and O–H groups in total. The van der Waals surface area contributed by atoms with Crippen LogP contribution in [0, 0.1) is 6.92 Å². The van der Waals surface area contributed by atoms with Crippen LogP contribution >= 0.6 is 0 Å². The normalized spacial score (nSPS) is 18.1. The Kier molecular flexibility index (Phi) is 3.47. The Morgan fingerprint density at radius 2 is 2.35 bits per heavy atom. The fourth-order valence-corrected chi connectivity index (χ4v) is 2.42. The second-order valence-electron chi connectivity index (χ2n) is 4.86. The minimum absolute atomic E-state index is 0.00508. The Morgan fingerprint density at radius 3 is 3.05 bits per heavy atom. The lowest BCUT2D eigenvalue weighted by atomic mass is 10.2. The molecule has 0 bridgehead atoms. The highest BCUT2D eigenvalue weighted by Crippen LogP contribution is 2.19. The maximum Gasteiger partial charge on any atom is 0.241 e. The third-order valence-corrected chi connectivity index (χ3v) is 3.48. The van der Waals surface area contributed by atoms with Gasteiger partial charge in [-0.3, -0.25) is 9.36 Å². The van der Waals surface area contributed by atoms with E-state index in [1.165, 1.54) is 0 Å². The molecule has 3 rings (SSSR count). The minimum Gasteiger partial charge on any atom is -0.322 e. The van der Waals surface area contributed by atoms with Crippen molar-refractivity contribution in [2.75, 3.05) is 11.9 Å². The van der Waals surface area contributed by atoms with Gasteiger partial charge in [-0.15, -0.1) is 0 Å². The Balaban J connectivity index is 1.86. The van der Waals surface area contributed by atoms with Crippen molar-refractivity contribution < 1.29 is 4.79 Å². The van der Waals surface area contributed by atoms with Crippen molar-refractivity contribution in [3.63, 3.8) is 0 Å². The molecule has 0 radical (unpaired) electrons. The van der Waals surface area contributed by atoms with Crippen LogP contribution in [0.5, 0.6) is 0 Å². The number of amides is 1. The van der Waals surface area contributed by atoms with Crippen LogP contribution in [0.1, 0.15) is 18.7 Å². The van der Waals surface area contributed by atoms with Crippen LogP contribution in [-0.2, 0) is 4.79 Å². The van der Waals surface area contributed by atoms with Crippen molar-refractivity contribution in [1.29, 1.82) is 0 Å². The van der Waals surface area contributed by atoms with Crippen molar-refractivity contribution in [1.82, 2.24) is 19.9 Å². The van der Waals surface area contributed by atoms with Crippen LogP contribution in [0.25, 0.3) is 5.82 Å². The number of nitrogens with one attached hydrogen (secondary N) is 2. The topological polar surface area (TPSA) is 71.8 Å². The average molecular weight is 271 g/mol. The molecule has 1 aliphatic rings. The summed E-state index contributed by atoms with van der Waals surface area (Å²) in [7, 11) is 0. The minimum atomic E-state index is -0.105. The van der Waals surface area contributed by atoms with Gasteiger partial charge >= 0.3 is 0 Å². The molecular formula is C14H17N5O. The Morgan fingerprint density at radius 1 is 1.45 bits per heavy atom. The number of carbonyl (C=O) groups is 1. The van der Waals surface area contributed by atoms with Gasteiger partial charge in [0, 0.05) is 18.6 Å². The molecule has 1 saturated heterocycles. The van der Waals surface area contributed by atoms with Crippen molar-refractivity contribution in [3.05, 3.63) is 36.5 Å². The van der Waals surface area contributed by atoms with Crippen LogP contribution in [0.4, 0.5) is 5.69 Å². The van der Waals surface area contributed by atoms with E-state index in [1.807, 2.05) is 29.8 Å². The third-order valence-electron chi connectivity index (χ3n) is 3.48. The molecule has 0 spiro atoms. The lowest BCUT2D eigenvalue weighted by molar-refractivity contribution is -0.117. The number of hydrogen-bond acceptors (Lipinski definition) is 4. The summed E-state index contributed by atoms with van der Waals surface area (Å²) in [6, 6.07) is 3.56. The number of aryl methyl sites for hydroxylation is 1. The quantitative estimate of drug-likeness (QED) is 0.881. The van der Waals surface area contributed by atoms with Crippen LogP contribution in [-0.4, -0.2) is 33.0 Å². The number of rotatable bonds is 3. The number of imidazole rings is 1. The Hall–Kier alpha value is -2.21. The van der Waals surface area contributed by atoms with Crippen LogP contribution in [0.2, 0.25) is 0 Å². The first-order valence-electron chi connectivity index (χ1n) is 6.75. The van der Waals surface area contributed by atoms with Crippen molar-refractivity contribution in [2.45, 2.75) is 25.8 Å². The highest BCUT2D eigenvalue weighted by molar-refractivity contribution is 5.96. The zero-order valence-corrected chi connectivity index (χ0v) is 11.3. The fourth-order valence-electron chi connectivity index (χ4n) is 2.42. The number of aromatic nitrogens is 3. The summed E-state index contributed by atoms with van der Waals surface area (Å²) in [5, 5.41) is 6.15. The van der Waals surface area contributed by atoms with Crippen LogP contribution < -0.4 is 10.6 Å². The highest BCUT2D eigenvalue weighted by Gasteiger charge is 2.23. The van der Waals surface area contributed by atoms with E-state index < -0.39 is 0 Å². The number of nitrogens with zero attached hydrogens (tertiary/aromatic N) is 3. The number of hydrogen-bond donors (Lipinski definition) is 2. The summed E-state index contributed by atoms with van der Waals surface area (Å²) in [4.78, 5) is 20.7. The molecule has 6 nitrogen and oxygen atoms in total. The Bertz CT molecular complexity index is 616. The second-order valence-corrected chi connectivity index (χ2v) is 4.86. The highest BCUT2D eigenvalue weighted by atomic mass is 16.2. The van der Waals surface area contributed by atoms with Gasteiger partial charge in [-0.2, -0.15) is 0 Å². The van der Waals surface area contributed by atoms with Crippen molar-refractivity contribution >= 4 is 11.6 Å². The first-order chi connectivity index (χ1) is 9.75. The molecule has 1 unspecified atom stereocenters. The number of anilines is 1. The van der Waals surface area contributed by atoms with Gasteiger partial charge in [0.1, 0.15) is 5.82 Å². The molecule has 3 heterocycles. The third kappa shape index (κ3) is 2.42. The molecule has 20 heavy (non-hydrogen) atoms. The summed E-state index contributed by atoms with van der Waals surface area (Å²) >= 11 is 0. The van der Waals surface area contributed by atoms with Crippen LogP contribution in [0.3, 0.4) is 0 Å². The lowest BCUT2D eigenvalue weighted by Crippen LogP contribution is -2.35. The Labute approximate surface area is 117 Å². The van der Waals surface area contributed by atoms with Gasteiger partial charge in [0.25, 0.3) is 0 Å². The smallest absolute Gasteiger partial charge is 0.241 e. The SMILES string of the molecule is Cc1nccn1-c1ncccc1NC(=O)C1CCCN1. The first kappa shape index (κ1) is 12.8. The van der Waals surface area contributed by atoms with E-state index in [0.29, 0.717) is 11.5 Å². The van der Waals surface area contributed by atoms with Crippen molar-refractivity contribution in [3.8, 4) is 5.82 Å². The maximum atomic E-state index is 12.2. The second kappa shape index (κ2) is 5.42. The molecule has 0 saturated carbocycles. The molecule has 2 aromatic heterocycles. The van der Waals surface area contributed by atoms with E-state index in [1.54, 1.807) is 12.4 Å². The molecule has 1 aliphatic heterocycles. The summed E-state index contributed by atoms with van der Waals surface area (Å²) < 4.78 is 1.86. The lowest BCUT2D eigenvalue weighted by Gasteiger charge is -2.14. The molecule has 0 aliphatic carbocycles.